The maximum atomic E-state index is 10.5. The number of carboxylic acids is 1. The van der Waals surface area contributed by atoms with Crippen LogP contribution in [0.1, 0.15) is 74.6 Å². The summed E-state index contributed by atoms with van der Waals surface area (Å²) in [6.45, 7) is 0. The second-order valence-corrected chi connectivity index (χ2v) is 8.59. The number of benzene rings is 1. The number of aromatic carboxylic acids is 1. The second-order valence-electron chi connectivity index (χ2n) is 7.24. The number of rotatable bonds is 4. The molecule has 0 saturated heterocycles. The first kappa shape index (κ1) is 26.5. The summed E-state index contributed by atoms with van der Waals surface area (Å²) in [5, 5.41) is 11.2. The number of carboxylic acid groups (broad SMARTS) is 1. The van der Waals surface area contributed by atoms with Crippen LogP contribution in [0.15, 0.2) is 29.2 Å². The molecule has 162 valence electrons. The van der Waals surface area contributed by atoms with Crippen LogP contribution in [-0.4, -0.2) is 47.1 Å². The highest BCUT2D eigenvalue weighted by molar-refractivity contribution is 7.85. The van der Waals surface area contributed by atoms with Gasteiger partial charge in [0.2, 0.25) is 0 Å². The fraction of sp³-hybridized carbons (Fsp3) is 0.632. The smallest absolute Gasteiger partial charge is 0.336 e. The summed E-state index contributed by atoms with van der Waals surface area (Å²) in [6, 6.07) is 6.66. The van der Waals surface area contributed by atoms with Crippen LogP contribution in [0.3, 0.4) is 0 Å². The number of quaternary nitrogens is 1. The molecule has 1 aromatic carbocycles. The van der Waals surface area contributed by atoms with E-state index >= 15 is 0 Å². The fourth-order valence-electron chi connectivity index (χ4n) is 3.90. The molecule has 0 atom stereocenters. The first-order valence-electron chi connectivity index (χ1n) is 9.51. The Morgan fingerprint density at radius 1 is 0.893 bits per heavy atom. The highest BCUT2D eigenvalue weighted by Gasteiger charge is 2.22. The lowest BCUT2D eigenvalue weighted by molar-refractivity contribution is -0.725. The first-order valence-corrected chi connectivity index (χ1v) is 10.9. The topological polar surface area (TPSA) is 174 Å². The minimum atomic E-state index is -4.71. The monoisotopic (exact) mass is 419 g/mol. The van der Waals surface area contributed by atoms with Gasteiger partial charge in [0.1, 0.15) is 10.1 Å². The van der Waals surface area contributed by atoms with E-state index in [9.17, 15) is 17.8 Å². The Kier molecular flexibility index (Phi) is 12.1. The molecular weight excluding hydrogens is 386 g/mol. The van der Waals surface area contributed by atoms with Crippen LogP contribution in [0.2, 0.25) is 0 Å². The average Bonchev–Trinajstić information content (AvgIpc) is 2.63. The summed E-state index contributed by atoms with van der Waals surface area (Å²) < 4.78 is 31.6. The van der Waals surface area contributed by atoms with Crippen molar-refractivity contribution in [3.8, 4) is 0 Å². The van der Waals surface area contributed by atoms with Crippen molar-refractivity contribution >= 4 is 16.1 Å². The molecular formula is C19H33NO7S. The van der Waals surface area contributed by atoms with Crippen LogP contribution in [0, 0.1) is 0 Å². The quantitative estimate of drug-likeness (QED) is 0.687. The summed E-state index contributed by atoms with van der Waals surface area (Å²) in [7, 11) is -4.71. The van der Waals surface area contributed by atoms with Gasteiger partial charge in [-0.15, -0.1) is 0 Å². The van der Waals surface area contributed by atoms with Gasteiger partial charge in [-0.1, -0.05) is 25.0 Å². The standard InChI is InChI=1S/C12H23N.C7H6O5S.2H2O/c1-3-7-11(8-4-1)13-12-9-5-2-6-10-12;8-7(9)5-3-1-2-4-6(5)13(10,11)12;;/h11-13H,1-10H2;1-4H,(H,8,9)(H,10,11,12);2*1H2. The molecule has 2 aliphatic carbocycles. The summed E-state index contributed by atoms with van der Waals surface area (Å²) in [4.78, 5) is 9.76. The molecule has 1 aromatic rings. The highest BCUT2D eigenvalue weighted by atomic mass is 32.2. The molecule has 28 heavy (non-hydrogen) atoms. The molecule has 0 bridgehead atoms. The molecule has 9 heteroatoms. The van der Waals surface area contributed by atoms with E-state index < -0.39 is 26.5 Å². The molecule has 2 aliphatic rings. The Labute approximate surface area is 166 Å². The minimum absolute atomic E-state index is 0. The van der Waals surface area contributed by atoms with Crippen LogP contribution in [-0.2, 0) is 10.1 Å². The van der Waals surface area contributed by atoms with Crippen molar-refractivity contribution in [1.82, 2.24) is 0 Å². The first-order chi connectivity index (χ1) is 12.4. The van der Waals surface area contributed by atoms with E-state index in [1.54, 1.807) is 0 Å². The van der Waals surface area contributed by atoms with E-state index in [0.29, 0.717) is 0 Å². The van der Waals surface area contributed by atoms with E-state index in [-0.39, 0.29) is 11.0 Å². The van der Waals surface area contributed by atoms with Crippen molar-refractivity contribution in [2.24, 2.45) is 0 Å². The largest absolute Gasteiger partial charge is 0.744 e. The summed E-state index contributed by atoms with van der Waals surface area (Å²) in [5.41, 5.74) is -0.502. The van der Waals surface area contributed by atoms with Gasteiger partial charge >= 0.3 is 5.97 Å². The van der Waals surface area contributed by atoms with Crippen LogP contribution < -0.4 is 5.32 Å². The molecule has 0 radical (unpaired) electrons. The summed E-state index contributed by atoms with van der Waals surface area (Å²) in [6.07, 6.45) is 15.0. The molecule has 8 nitrogen and oxygen atoms in total. The number of nitrogens with two attached hydrogens (primary N) is 1. The second kappa shape index (κ2) is 12.8. The van der Waals surface area contributed by atoms with E-state index in [0.717, 1.165) is 24.2 Å². The summed E-state index contributed by atoms with van der Waals surface area (Å²) in [5.74, 6) is -1.44. The van der Waals surface area contributed by atoms with Gasteiger partial charge < -0.3 is 25.9 Å². The Hall–Kier alpha value is -1.52. The van der Waals surface area contributed by atoms with Crippen molar-refractivity contribution < 1.29 is 39.1 Å². The van der Waals surface area contributed by atoms with Crippen molar-refractivity contribution in [2.45, 2.75) is 81.2 Å². The van der Waals surface area contributed by atoms with Gasteiger partial charge in [-0.25, -0.2) is 13.2 Å². The Balaban J connectivity index is 0.000000486. The SMILES string of the molecule is C1CCC([NH2+]C2CCCCC2)CC1.O.O.O=C(O)c1ccccc1S(=O)(=O)[O-]. The predicted molar refractivity (Wildman–Crippen MR) is 104 cm³/mol. The minimum Gasteiger partial charge on any atom is -0.744 e. The third-order valence-electron chi connectivity index (χ3n) is 5.23. The highest BCUT2D eigenvalue weighted by Crippen LogP contribution is 2.18. The van der Waals surface area contributed by atoms with Crippen molar-refractivity contribution in [2.75, 3.05) is 0 Å². The lowest BCUT2D eigenvalue weighted by atomic mass is 9.91. The van der Waals surface area contributed by atoms with E-state index in [1.807, 2.05) is 0 Å². The molecule has 0 aliphatic heterocycles. The Bertz CT molecular complexity index is 665. The lowest BCUT2D eigenvalue weighted by Gasteiger charge is -2.27. The van der Waals surface area contributed by atoms with Crippen molar-refractivity contribution in [1.29, 1.82) is 0 Å². The lowest BCUT2D eigenvalue weighted by Crippen LogP contribution is -2.95. The third-order valence-corrected chi connectivity index (χ3v) is 6.13. The molecule has 0 spiro atoms. The van der Waals surface area contributed by atoms with Gasteiger partial charge in [-0.05, 0) is 63.5 Å². The third kappa shape index (κ3) is 8.66. The molecule has 0 amide bonds. The van der Waals surface area contributed by atoms with Crippen molar-refractivity contribution in [3.63, 3.8) is 0 Å². The van der Waals surface area contributed by atoms with Gasteiger partial charge in [-0.2, -0.15) is 0 Å². The van der Waals surface area contributed by atoms with E-state index in [2.05, 4.69) is 5.32 Å². The average molecular weight is 420 g/mol. The van der Waals surface area contributed by atoms with Crippen molar-refractivity contribution in [3.05, 3.63) is 29.8 Å². The van der Waals surface area contributed by atoms with E-state index in [4.69, 9.17) is 5.11 Å². The van der Waals surface area contributed by atoms with Gasteiger partial charge in [0.15, 0.2) is 0 Å². The van der Waals surface area contributed by atoms with Crippen LogP contribution in [0.5, 0.6) is 0 Å². The normalized spacial score (nSPS) is 18.0. The van der Waals surface area contributed by atoms with Gasteiger partial charge in [0, 0.05) is 0 Å². The number of hydrogen-bond acceptors (Lipinski definition) is 4. The molecule has 0 heterocycles. The van der Waals surface area contributed by atoms with Crippen LogP contribution >= 0.6 is 0 Å². The molecule has 3 rings (SSSR count). The molecule has 2 fully saturated rings. The van der Waals surface area contributed by atoms with Crippen LogP contribution in [0.25, 0.3) is 0 Å². The maximum Gasteiger partial charge on any atom is 0.336 e. The number of hydrogen-bond donors (Lipinski definition) is 2. The zero-order valence-corrected chi connectivity index (χ0v) is 16.9. The Morgan fingerprint density at radius 2 is 1.32 bits per heavy atom. The summed E-state index contributed by atoms with van der Waals surface area (Å²) >= 11 is 0. The van der Waals surface area contributed by atoms with E-state index in [1.165, 1.54) is 76.3 Å². The van der Waals surface area contributed by atoms with Crippen LogP contribution in [0.4, 0.5) is 0 Å². The molecule has 0 aromatic heterocycles. The maximum absolute atomic E-state index is 10.5. The Morgan fingerprint density at radius 3 is 1.68 bits per heavy atom. The zero-order chi connectivity index (χ0) is 19.0. The molecule has 7 N–H and O–H groups in total. The molecule has 2 saturated carbocycles. The van der Waals surface area contributed by atoms with Gasteiger partial charge in [-0.3, -0.25) is 0 Å². The zero-order valence-electron chi connectivity index (χ0n) is 16.1. The van der Waals surface area contributed by atoms with Gasteiger partial charge in [0.05, 0.1) is 22.5 Å². The predicted octanol–water partition coefficient (Wildman–Crippen LogP) is 0.855. The molecule has 0 unspecified atom stereocenters. The van der Waals surface area contributed by atoms with Gasteiger partial charge in [0.25, 0.3) is 0 Å². The number of carbonyl (C=O) groups is 1. The fourth-order valence-corrected chi connectivity index (χ4v) is 4.57.